The highest BCUT2D eigenvalue weighted by molar-refractivity contribution is 5.92. The van der Waals surface area contributed by atoms with E-state index < -0.39 is 23.3 Å². The minimum absolute atomic E-state index is 0.0380. The monoisotopic (exact) mass is 490 g/mol. The number of anilines is 1. The number of benzene rings is 1. The molecule has 35 heavy (non-hydrogen) atoms. The number of carbonyl (C=O) groups excluding carboxylic acids is 1. The van der Waals surface area contributed by atoms with Crippen LogP contribution < -0.4 is 10.9 Å². The van der Waals surface area contributed by atoms with Crippen LogP contribution in [0.15, 0.2) is 29.3 Å². The van der Waals surface area contributed by atoms with Gasteiger partial charge in [0.15, 0.2) is 0 Å². The number of alkyl halides is 3. The molecule has 186 valence electrons. The lowest BCUT2D eigenvalue weighted by Crippen LogP contribution is -2.48. The normalized spacial score (nSPS) is 19.6. The lowest BCUT2D eigenvalue weighted by atomic mass is 9.98. The standard InChI is InChI=1S/C23H25F3N6O3/c1-11-9-32(10-12(2)35-11)22(34)19-7-28-20(8-27-19)29-13(3)15-5-16-18(6-17(15)23(24,25)26)30-14(4)31-21(16)33/h5-8,11-13H,9-10H2,1-4H3,(H,28,29)(H,30,31,33). The maximum absolute atomic E-state index is 13.8. The largest absolute Gasteiger partial charge is 0.416 e. The van der Waals surface area contributed by atoms with E-state index in [1.54, 1.807) is 4.90 Å². The molecule has 0 saturated carbocycles. The summed E-state index contributed by atoms with van der Waals surface area (Å²) < 4.78 is 47.1. The first-order valence-corrected chi connectivity index (χ1v) is 11.1. The summed E-state index contributed by atoms with van der Waals surface area (Å²) in [6.45, 7) is 7.63. The quantitative estimate of drug-likeness (QED) is 0.576. The zero-order chi connectivity index (χ0) is 25.5. The SMILES string of the molecule is Cc1nc2cc(C(F)(F)F)c(C(C)Nc3cnc(C(=O)N4CC(C)OC(C)C4)cn3)cc2c(=O)[nH]1. The zero-order valence-corrected chi connectivity index (χ0v) is 19.6. The number of aromatic amines is 1. The van der Waals surface area contributed by atoms with Gasteiger partial charge >= 0.3 is 6.18 Å². The van der Waals surface area contributed by atoms with E-state index in [9.17, 15) is 22.8 Å². The molecule has 9 nitrogen and oxygen atoms in total. The third kappa shape index (κ3) is 5.26. The van der Waals surface area contributed by atoms with Gasteiger partial charge in [-0.1, -0.05) is 0 Å². The lowest BCUT2D eigenvalue weighted by Gasteiger charge is -2.35. The number of nitrogens with one attached hydrogen (secondary N) is 2. The van der Waals surface area contributed by atoms with Crippen molar-refractivity contribution in [3.63, 3.8) is 0 Å². The molecule has 0 radical (unpaired) electrons. The van der Waals surface area contributed by atoms with Gasteiger partial charge in [-0.3, -0.25) is 9.59 Å². The average Bonchev–Trinajstić information content (AvgIpc) is 2.77. The molecule has 1 saturated heterocycles. The third-order valence-corrected chi connectivity index (χ3v) is 5.71. The Hall–Kier alpha value is -3.54. The lowest BCUT2D eigenvalue weighted by molar-refractivity contribution is -0.138. The van der Waals surface area contributed by atoms with Crippen LogP contribution in [0.5, 0.6) is 0 Å². The Labute approximate surface area is 198 Å². The number of H-pyrrole nitrogens is 1. The summed E-state index contributed by atoms with van der Waals surface area (Å²) in [5.74, 6) is 0.109. The van der Waals surface area contributed by atoms with E-state index >= 15 is 0 Å². The van der Waals surface area contributed by atoms with Crippen molar-refractivity contribution >= 4 is 22.6 Å². The van der Waals surface area contributed by atoms with E-state index in [0.717, 1.165) is 6.07 Å². The molecule has 2 aromatic heterocycles. The summed E-state index contributed by atoms with van der Waals surface area (Å²) in [5, 5.41) is 2.92. The summed E-state index contributed by atoms with van der Waals surface area (Å²) in [4.78, 5) is 41.6. The minimum atomic E-state index is -4.66. The van der Waals surface area contributed by atoms with Crippen LogP contribution >= 0.6 is 0 Å². The molecular formula is C23H25F3N6O3. The number of amides is 1. The van der Waals surface area contributed by atoms with Gasteiger partial charge in [-0.2, -0.15) is 13.2 Å². The second-order valence-corrected chi connectivity index (χ2v) is 8.73. The van der Waals surface area contributed by atoms with Crippen LogP contribution in [0.3, 0.4) is 0 Å². The number of nitrogens with zero attached hydrogens (tertiary/aromatic N) is 4. The Morgan fingerprint density at radius 3 is 2.49 bits per heavy atom. The Bertz CT molecular complexity index is 1300. The predicted octanol–water partition coefficient (Wildman–Crippen LogP) is 3.46. The maximum atomic E-state index is 13.8. The van der Waals surface area contributed by atoms with Gasteiger partial charge in [-0.05, 0) is 45.4 Å². The van der Waals surface area contributed by atoms with Gasteiger partial charge in [-0.15, -0.1) is 0 Å². The third-order valence-electron chi connectivity index (χ3n) is 5.71. The number of hydrogen-bond donors (Lipinski definition) is 2. The van der Waals surface area contributed by atoms with Gasteiger partial charge in [0, 0.05) is 13.1 Å². The van der Waals surface area contributed by atoms with Crippen molar-refractivity contribution < 1.29 is 22.7 Å². The molecule has 1 aliphatic rings. The molecule has 1 amide bonds. The van der Waals surface area contributed by atoms with Crippen molar-refractivity contribution in [2.24, 2.45) is 0 Å². The van der Waals surface area contributed by atoms with Crippen LogP contribution in [0, 0.1) is 6.92 Å². The van der Waals surface area contributed by atoms with Crippen LogP contribution in [0.1, 0.15) is 54.3 Å². The van der Waals surface area contributed by atoms with E-state index in [-0.39, 0.29) is 51.9 Å². The van der Waals surface area contributed by atoms with Crippen molar-refractivity contribution in [2.45, 2.75) is 52.1 Å². The van der Waals surface area contributed by atoms with Gasteiger partial charge in [0.1, 0.15) is 17.3 Å². The summed E-state index contributed by atoms with van der Waals surface area (Å²) in [7, 11) is 0. The van der Waals surface area contributed by atoms with Gasteiger partial charge in [0.2, 0.25) is 0 Å². The summed E-state index contributed by atoms with van der Waals surface area (Å²) in [6, 6.07) is 1.18. The first kappa shape index (κ1) is 24.6. The number of ether oxygens (including phenoxy) is 1. The highest BCUT2D eigenvalue weighted by Gasteiger charge is 2.35. The molecule has 1 aliphatic heterocycles. The van der Waals surface area contributed by atoms with Crippen LogP contribution in [0.2, 0.25) is 0 Å². The van der Waals surface area contributed by atoms with Crippen LogP contribution in [0.25, 0.3) is 10.9 Å². The molecule has 3 unspecified atom stereocenters. The number of hydrogen-bond acceptors (Lipinski definition) is 7. The van der Waals surface area contributed by atoms with E-state index in [2.05, 4.69) is 25.3 Å². The summed E-state index contributed by atoms with van der Waals surface area (Å²) in [6.07, 6.45) is -2.29. The van der Waals surface area contributed by atoms with Gasteiger partial charge in [0.05, 0.1) is 47.1 Å². The topological polar surface area (TPSA) is 113 Å². The Morgan fingerprint density at radius 2 is 1.89 bits per heavy atom. The molecule has 0 aliphatic carbocycles. The van der Waals surface area contributed by atoms with E-state index in [1.165, 1.54) is 32.3 Å². The molecule has 0 bridgehead atoms. The van der Waals surface area contributed by atoms with Crippen LogP contribution in [0.4, 0.5) is 19.0 Å². The number of aryl methyl sites for hydroxylation is 1. The Kier molecular flexibility index (Phi) is 6.50. The molecule has 3 aromatic rings. The van der Waals surface area contributed by atoms with Crippen molar-refractivity contribution in [1.29, 1.82) is 0 Å². The van der Waals surface area contributed by atoms with Crippen molar-refractivity contribution in [1.82, 2.24) is 24.8 Å². The molecular weight excluding hydrogens is 465 g/mol. The van der Waals surface area contributed by atoms with Crippen LogP contribution in [-0.4, -0.2) is 56.0 Å². The molecule has 4 rings (SSSR count). The zero-order valence-electron chi connectivity index (χ0n) is 19.6. The fourth-order valence-corrected chi connectivity index (χ4v) is 4.24. The first-order valence-electron chi connectivity index (χ1n) is 11.1. The van der Waals surface area contributed by atoms with Crippen molar-refractivity contribution in [2.75, 3.05) is 18.4 Å². The number of halogens is 3. The molecule has 3 heterocycles. The predicted molar refractivity (Wildman–Crippen MR) is 122 cm³/mol. The second-order valence-electron chi connectivity index (χ2n) is 8.73. The number of aromatic nitrogens is 4. The van der Waals surface area contributed by atoms with E-state index in [4.69, 9.17) is 4.74 Å². The highest BCUT2D eigenvalue weighted by atomic mass is 19.4. The Balaban J connectivity index is 1.59. The minimum Gasteiger partial charge on any atom is -0.372 e. The average molecular weight is 490 g/mol. The summed E-state index contributed by atoms with van der Waals surface area (Å²) >= 11 is 0. The molecule has 12 heteroatoms. The van der Waals surface area contributed by atoms with E-state index in [1.807, 2.05) is 13.8 Å². The fourth-order valence-electron chi connectivity index (χ4n) is 4.24. The number of rotatable bonds is 4. The number of carbonyl (C=O) groups is 1. The molecule has 2 N–H and O–H groups in total. The van der Waals surface area contributed by atoms with Crippen molar-refractivity contribution in [3.8, 4) is 0 Å². The number of morpholine rings is 1. The summed E-state index contributed by atoms with van der Waals surface area (Å²) in [5.41, 5.74) is -1.48. The number of fused-ring (bicyclic) bond motifs is 1. The van der Waals surface area contributed by atoms with Crippen molar-refractivity contribution in [3.05, 3.63) is 57.5 Å². The van der Waals surface area contributed by atoms with Gasteiger partial charge < -0.3 is 19.9 Å². The highest BCUT2D eigenvalue weighted by Crippen LogP contribution is 2.37. The molecule has 0 spiro atoms. The van der Waals surface area contributed by atoms with E-state index in [0.29, 0.717) is 13.1 Å². The molecule has 1 fully saturated rings. The van der Waals surface area contributed by atoms with Crippen LogP contribution in [-0.2, 0) is 10.9 Å². The second kappa shape index (κ2) is 9.25. The maximum Gasteiger partial charge on any atom is 0.416 e. The Morgan fingerprint density at radius 1 is 1.20 bits per heavy atom. The molecule has 1 aromatic carbocycles. The fraction of sp³-hybridized carbons (Fsp3) is 0.435. The molecule has 3 atom stereocenters. The van der Waals surface area contributed by atoms with Gasteiger partial charge in [-0.25, -0.2) is 15.0 Å². The van der Waals surface area contributed by atoms with Gasteiger partial charge in [0.25, 0.3) is 11.5 Å². The smallest absolute Gasteiger partial charge is 0.372 e. The first-order chi connectivity index (χ1) is 16.4.